The van der Waals surface area contributed by atoms with Crippen LogP contribution in [-0.4, -0.2) is 44.3 Å². The molecule has 0 aliphatic carbocycles. The fourth-order valence-electron chi connectivity index (χ4n) is 3.20. The first-order valence-electron chi connectivity index (χ1n) is 8.93. The quantitative estimate of drug-likeness (QED) is 0.496. The minimum atomic E-state index is -0.920. The maximum atomic E-state index is 12.2. The van der Waals surface area contributed by atoms with Gasteiger partial charge in [-0.2, -0.15) is 5.01 Å². The monoisotopic (exact) mass is 480 g/mol. The molecular weight excluding hydrogens is 460 g/mol. The van der Waals surface area contributed by atoms with Crippen LogP contribution < -0.4 is 4.74 Å². The SMILES string of the molecule is COc1cc(C2OC(c3cc(CO)c(CO)c(CO)c3)=NN2C(C)=O)cc(Br)c1O. The number of carbonyl (C=O) groups excluding carboxylic acids is 1. The van der Waals surface area contributed by atoms with Gasteiger partial charge in [0.2, 0.25) is 18.0 Å². The van der Waals surface area contributed by atoms with Gasteiger partial charge in [0, 0.05) is 18.1 Å². The van der Waals surface area contributed by atoms with E-state index in [-0.39, 0.29) is 43.1 Å². The highest BCUT2D eigenvalue weighted by Gasteiger charge is 2.34. The summed E-state index contributed by atoms with van der Waals surface area (Å²) in [4.78, 5) is 12.2. The number of aliphatic hydroxyl groups is 3. The van der Waals surface area contributed by atoms with Gasteiger partial charge >= 0.3 is 0 Å². The zero-order valence-electron chi connectivity index (χ0n) is 16.3. The maximum absolute atomic E-state index is 12.2. The van der Waals surface area contributed by atoms with E-state index >= 15 is 0 Å². The second-order valence-corrected chi connectivity index (χ2v) is 7.39. The van der Waals surface area contributed by atoms with E-state index in [0.717, 1.165) is 5.01 Å². The van der Waals surface area contributed by atoms with Gasteiger partial charge in [-0.25, -0.2) is 0 Å². The van der Waals surface area contributed by atoms with Crippen molar-refractivity contribution in [3.05, 3.63) is 56.6 Å². The second-order valence-electron chi connectivity index (χ2n) is 6.54. The Morgan fingerprint density at radius 3 is 2.30 bits per heavy atom. The molecule has 0 bridgehead atoms. The van der Waals surface area contributed by atoms with Crippen molar-refractivity contribution in [2.45, 2.75) is 33.0 Å². The number of halogens is 1. The molecule has 4 N–H and O–H groups in total. The number of hydrogen-bond donors (Lipinski definition) is 4. The van der Waals surface area contributed by atoms with Crippen LogP contribution >= 0.6 is 15.9 Å². The molecule has 1 unspecified atom stereocenters. The number of ether oxygens (including phenoxy) is 2. The molecule has 9 nitrogen and oxygen atoms in total. The number of hydrazone groups is 1. The molecule has 2 aromatic carbocycles. The molecule has 10 heteroatoms. The number of benzene rings is 2. The average molecular weight is 481 g/mol. The molecule has 0 aromatic heterocycles. The van der Waals surface area contributed by atoms with E-state index in [1.807, 2.05) is 0 Å². The van der Waals surface area contributed by atoms with E-state index in [1.165, 1.54) is 20.1 Å². The van der Waals surface area contributed by atoms with Crippen molar-refractivity contribution in [2.24, 2.45) is 5.10 Å². The van der Waals surface area contributed by atoms with Gasteiger partial charge in [0.05, 0.1) is 31.4 Å². The first-order valence-corrected chi connectivity index (χ1v) is 9.72. The Kier molecular flexibility index (Phi) is 6.61. The number of amides is 1. The number of carbonyl (C=O) groups is 1. The summed E-state index contributed by atoms with van der Waals surface area (Å²) in [6.45, 7) is 0.281. The normalized spacial score (nSPS) is 15.7. The molecule has 0 radical (unpaired) electrons. The molecule has 30 heavy (non-hydrogen) atoms. The molecule has 1 aliphatic heterocycles. The van der Waals surface area contributed by atoms with Gasteiger partial charge in [0.15, 0.2) is 11.5 Å². The summed E-state index contributed by atoms with van der Waals surface area (Å²) >= 11 is 3.25. The lowest BCUT2D eigenvalue weighted by Crippen LogP contribution is -2.25. The predicted molar refractivity (Wildman–Crippen MR) is 109 cm³/mol. The molecule has 1 heterocycles. The lowest BCUT2D eigenvalue weighted by molar-refractivity contribution is -0.135. The van der Waals surface area contributed by atoms with Gasteiger partial charge in [0.1, 0.15) is 0 Å². The fourth-order valence-corrected chi connectivity index (χ4v) is 3.66. The summed E-state index contributed by atoms with van der Waals surface area (Å²) in [5, 5.41) is 44.3. The van der Waals surface area contributed by atoms with Crippen LogP contribution in [0.15, 0.2) is 33.8 Å². The number of aromatic hydroxyl groups is 1. The van der Waals surface area contributed by atoms with E-state index in [1.54, 1.807) is 18.2 Å². The van der Waals surface area contributed by atoms with E-state index in [0.29, 0.717) is 32.3 Å². The van der Waals surface area contributed by atoms with Gasteiger partial charge in [-0.1, -0.05) is 0 Å². The lowest BCUT2D eigenvalue weighted by atomic mass is 9.98. The predicted octanol–water partition coefficient (Wildman–Crippen LogP) is 1.88. The van der Waals surface area contributed by atoms with Gasteiger partial charge in [0.25, 0.3) is 0 Å². The van der Waals surface area contributed by atoms with Crippen molar-refractivity contribution in [3.8, 4) is 11.5 Å². The highest BCUT2D eigenvalue weighted by atomic mass is 79.9. The summed E-state index contributed by atoms with van der Waals surface area (Å²) in [6.07, 6.45) is -0.920. The van der Waals surface area contributed by atoms with E-state index in [4.69, 9.17) is 9.47 Å². The van der Waals surface area contributed by atoms with Crippen molar-refractivity contribution < 1.29 is 34.7 Å². The van der Waals surface area contributed by atoms with Crippen LogP contribution in [0.2, 0.25) is 0 Å². The largest absolute Gasteiger partial charge is 0.503 e. The summed E-state index contributed by atoms with van der Waals surface area (Å²) in [6, 6.07) is 6.28. The Hall–Kier alpha value is -2.66. The number of nitrogens with zero attached hydrogens (tertiary/aromatic N) is 2. The number of rotatable bonds is 6. The smallest absolute Gasteiger partial charge is 0.243 e. The topological polar surface area (TPSA) is 132 Å². The Morgan fingerprint density at radius 2 is 1.80 bits per heavy atom. The van der Waals surface area contributed by atoms with E-state index in [9.17, 15) is 25.2 Å². The summed E-state index contributed by atoms with van der Waals surface area (Å²) in [5.74, 6) is -0.172. The van der Waals surface area contributed by atoms with Crippen molar-refractivity contribution in [3.63, 3.8) is 0 Å². The molecule has 1 aliphatic rings. The van der Waals surface area contributed by atoms with Crippen LogP contribution in [-0.2, 0) is 29.4 Å². The summed E-state index contributed by atoms with van der Waals surface area (Å²) in [5.41, 5.74) is 2.19. The minimum Gasteiger partial charge on any atom is -0.503 e. The lowest BCUT2D eigenvalue weighted by Gasteiger charge is -2.20. The summed E-state index contributed by atoms with van der Waals surface area (Å²) in [7, 11) is 1.40. The number of methoxy groups -OCH3 is 1. The van der Waals surface area contributed by atoms with E-state index in [2.05, 4.69) is 21.0 Å². The standard InChI is InChI=1S/C20H21BrN2O7/c1-10(27)23-20(12-5-16(21)18(28)17(6-12)29-2)30-19(22-23)11-3-13(7-24)15(9-26)14(4-11)8-25/h3-6,20,24-26,28H,7-9H2,1-2H3. The minimum absolute atomic E-state index is 0.0884. The highest BCUT2D eigenvalue weighted by Crippen LogP contribution is 2.40. The van der Waals surface area contributed by atoms with Crippen LogP contribution in [0.25, 0.3) is 0 Å². The van der Waals surface area contributed by atoms with Gasteiger partial charge in [-0.05, 0) is 56.9 Å². The highest BCUT2D eigenvalue weighted by molar-refractivity contribution is 9.10. The van der Waals surface area contributed by atoms with Crippen LogP contribution in [0.4, 0.5) is 0 Å². The van der Waals surface area contributed by atoms with Gasteiger partial charge < -0.3 is 29.9 Å². The molecule has 0 fully saturated rings. The average Bonchev–Trinajstić information content (AvgIpc) is 3.20. The van der Waals surface area contributed by atoms with Crippen LogP contribution in [0, 0.1) is 0 Å². The molecule has 0 saturated carbocycles. The molecule has 1 amide bonds. The third-order valence-corrected chi connectivity index (χ3v) is 5.31. The Balaban J connectivity index is 2.05. The van der Waals surface area contributed by atoms with Crippen molar-refractivity contribution in [2.75, 3.05) is 7.11 Å². The van der Waals surface area contributed by atoms with Crippen LogP contribution in [0.3, 0.4) is 0 Å². The van der Waals surface area contributed by atoms with Gasteiger partial charge in [-0.3, -0.25) is 4.79 Å². The Bertz CT molecular complexity index is 984. The molecule has 2 aromatic rings. The second kappa shape index (κ2) is 9.00. The maximum Gasteiger partial charge on any atom is 0.243 e. The van der Waals surface area contributed by atoms with Crippen LogP contribution in [0.1, 0.15) is 41.0 Å². The molecule has 1 atom stereocenters. The number of phenolic OH excluding ortho intramolecular Hbond substituents is 1. The Labute approximate surface area is 180 Å². The van der Waals surface area contributed by atoms with Crippen molar-refractivity contribution in [1.82, 2.24) is 5.01 Å². The third-order valence-electron chi connectivity index (χ3n) is 4.70. The Morgan fingerprint density at radius 1 is 1.17 bits per heavy atom. The summed E-state index contributed by atoms with van der Waals surface area (Å²) < 4.78 is 11.5. The number of hydrogen-bond acceptors (Lipinski definition) is 8. The molecule has 160 valence electrons. The zero-order chi connectivity index (χ0) is 22.0. The van der Waals surface area contributed by atoms with Gasteiger partial charge in [-0.15, -0.1) is 5.10 Å². The first kappa shape index (κ1) is 22.0. The molecule has 3 rings (SSSR count). The first-order chi connectivity index (χ1) is 14.3. The number of phenols is 1. The molecule has 0 spiro atoms. The van der Waals surface area contributed by atoms with Crippen LogP contribution in [0.5, 0.6) is 11.5 Å². The van der Waals surface area contributed by atoms with E-state index < -0.39 is 6.23 Å². The zero-order valence-corrected chi connectivity index (χ0v) is 17.9. The number of aliphatic hydroxyl groups excluding tert-OH is 3. The molecule has 0 saturated heterocycles. The fraction of sp³-hybridized carbons (Fsp3) is 0.300. The molecular formula is C20H21BrN2O7. The van der Waals surface area contributed by atoms with Crippen molar-refractivity contribution in [1.29, 1.82) is 0 Å². The third kappa shape index (κ3) is 3.99. The van der Waals surface area contributed by atoms with Crippen molar-refractivity contribution >= 4 is 27.7 Å².